The lowest BCUT2D eigenvalue weighted by Crippen LogP contribution is -1.93. The Bertz CT molecular complexity index is 1610. The second-order valence-electron chi connectivity index (χ2n) is 7.06. The molecule has 0 aliphatic carbocycles. The van der Waals surface area contributed by atoms with Crippen LogP contribution in [-0.4, -0.2) is 40.1 Å². The van der Waals surface area contributed by atoms with Crippen molar-refractivity contribution in [2.24, 2.45) is 0 Å². The van der Waals surface area contributed by atoms with Gasteiger partial charge < -0.3 is 4.98 Å². The largest absolute Gasteiger partial charge is 0.335 e. The van der Waals surface area contributed by atoms with Gasteiger partial charge in [0.15, 0.2) is 17.3 Å². The summed E-state index contributed by atoms with van der Waals surface area (Å²) >= 11 is 0. The van der Waals surface area contributed by atoms with Gasteiger partial charge in [-0.25, -0.2) is 28.7 Å². The maximum atomic E-state index is 15.5. The molecule has 6 aromatic rings. The molecule has 0 radical (unpaired) electrons. The zero-order valence-corrected chi connectivity index (χ0v) is 16.2. The Morgan fingerprint density at radius 1 is 0.875 bits per heavy atom. The van der Waals surface area contributed by atoms with E-state index in [1.165, 1.54) is 37.1 Å². The second-order valence-corrected chi connectivity index (χ2v) is 7.06. The molecule has 2 N–H and O–H groups in total. The third kappa shape index (κ3) is 2.81. The predicted octanol–water partition coefficient (Wildman–Crippen LogP) is 4.30. The molecule has 32 heavy (non-hydrogen) atoms. The fraction of sp³-hybridized carbons (Fsp3) is 0. The van der Waals surface area contributed by atoms with E-state index in [1.54, 1.807) is 24.4 Å². The maximum Gasteiger partial charge on any atom is 0.178 e. The standard InChI is InChI=1S/C22H12F2N8/c23-13-3-1-2-11(6-13)14-4-5-27-21-19(14)29-22(30-21)20-16-15(31-32-20)9-28-18(17(16)24)12-7-25-10-26-8-12/h1-10H,(H,31,32)(H,27,29,30). The number of imidazole rings is 1. The highest BCUT2D eigenvalue weighted by atomic mass is 19.1. The average Bonchev–Trinajstić information content (AvgIpc) is 3.44. The first-order valence-corrected chi connectivity index (χ1v) is 9.58. The average molecular weight is 426 g/mol. The summed E-state index contributed by atoms with van der Waals surface area (Å²) in [6.07, 6.45) is 7.42. The summed E-state index contributed by atoms with van der Waals surface area (Å²) in [7, 11) is 0. The van der Waals surface area contributed by atoms with Crippen LogP contribution in [0.5, 0.6) is 0 Å². The molecule has 0 atom stereocenters. The van der Waals surface area contributed by atoms with Gasteiger partial charge >= 0.3 is 0 Å². The van der Waals surface area contributed by atoms with Gasteiger partial charge in [-0.1, -0.05) is 12.1 Å². The van der Waals surface area contributed by atoms with Crippen LogP contribution in [0.25, 0.3) is 56.0 Å². The number of aromatic amines is 2. The number of nitrogens with zero attached hydrogens (tertiary/aromatic N) is 6. The van der Waals surface area contributed by atoms with E-state index in [2.05, 4.69) is 40.1 Å². The smallest absolute Gasteiger partial charge is 0.178 e. The van der Waals surface area contributed by atoms with Gasteiger partial charge in [-0.15, -0.1) is 0 Å². The van der Waals surface area contributed by atoms with Crippen molar-refractivity contribution in [3.05, 3.63) is 73.1 Å². The number of hydrogen-bond donors (Lipinski definition) is 2. The molecule has 5 aromatic heterocycles. The number of fused-ring (bicyclic) bond motifs is 2. The first kappa shape index (κ1) is 18.2. The van der Waals surface area contributed by atoms with Crippen molar-refractivity contribution in [3.8, 4) is 33.9 Å². The normalized spacial score (nSPS) is 11.4. The molecule has 5 heterocycles. The van der Waals surface area contributed by atoms with E-state index >= 15 is 4.39 Å². The number of benzene rings is 1. The van der Waals surface area contributed by atoms with E-state index in [1.807, 2.05) is 0 Å². The molecule has 0 aliphatic heterocycles. The number of H-pyrrole nitrogens is 2. The first-order valence-electron chi connectivity index (χ1n) is 9.58. The minimum Gasteiger partial charge on any atom is -0.335 e. The Hall–Kier alpha value is -4.60. The lowest BCUT2D eigenvalue weighted by atomic mass is 10.1. The number of rotatable bonds is 3. The number of nitrogens with one attached hydrogen (secondary N) is 2. The van der Waals surface area contributed by atoms with E-state index in [4.69, 9.17) is 0 Å². The minimum atomic E-state index is -0.570. The SMILES string of the molecule is Fc1cccc(-c2ccnc3nc(-c4n[nH]c5cnc(-c6cncnc6)c(F)c45)[nH]c23)c1. The summed E-state index contributed by atoms with van der Waals surface area (Å²) in [6.45, 7) is 0. The van der Waals surface area contributed by atoms with Gasteiger partial charge in [-0.3, -0.25) is 10.1 Å². The van der Waals surface area contributed by atoms with E-state index in [9.17, 15) is 4.39 Å². The topological polar surface area (TPSA) is 109 Å². The van der Waals surface area contributed by atoms with Crippen LogP contribution in [-0.2, 0) is 0 Å². The van der Waals surface area contributed by atoms with Gasteiger partial charge in [0.25, 0.3) is 0 Å². The summed E-state index contributed by atoms with van der Waals surface area (Å²) in [5.74, 6) is -0.597. The lowest BCUT2D eigenvalue weighted by molar-refractivity contribution is 0.628. The molecule has 0 bridgehead atoms. The van der Waals surface area contributed by atoms with E-state index < -0.39 is 5.82 Å². The molecule has 6 rings (SSSR count). The van der Waals surface area contributed by atoms with Crippen molar-refractivity contribution < 1.29 is 8.78 Å². The third-order valence-electron chi connectivity index (χ3n) is 5.13. The summed E-state index contributed by atoms with van der Waals surface area (Å²) in [6, 6.07) is 8.00. The van der Waals surface area contributed by atoms with E-state index in [0.717, 1.165) is 5.56 Å². The molecule has 0 amide bonds. The van der Waals surface area contributed by atoms with Crippen LogP contribution >= 0.6 is 0 Å². The Labute approximate surface area is 178 Å². The highest BCUT2D eigenvalue weighted by Crippen LogP contribution is 2.33. The highest BCUT2D eigenvalue weighted by molar-refractivity contribution is 5.97. The molecule has 0 spiro atoms. The molecular formula is C22H12F2N8. The quantitative estimate of drug-likeness (QED) is 0.437. The van der Waals surface area contributed by atoms with Crippen LogP contribution in [0, 0.1) is 11.6 Å². The van der Waals surface area contributed by atoms with Gasteiger partial charge in [-0.2, -0.15) is 5.10 Å². The number of aromatic nitrogens is 8. The van der Waals surface area contributed by atoms with Crippen molar-refractivity contribution in [3.63, 3.8) is 0 Å². The van der Waals surface area contributed by atoms with Crippen LogP contribution in [0.3, 0.4) is 0 Å². The highest BCUT2D eigenvalue weighted by Gasteiger charge is 2.21. The van der Waals surface area contributed by atoms with Gasteiger partial charge in [0.05, 0.1) is 22.6 Å². The van der Waals surface area contributed by atoms with Gasteiger partial charge in [-0.05, 0) is 23.8 Å². The van der Waals surface area contributed by atoms with E-state index in [-0.39, 0.29) is 22.6 Å². The minimum absolute atomic E-state index is 0.107. The molecule has 8 nitrogen and oxygen atoms in total. The summed E-state index contributed by atoms with van der Waals surface area (Å²) in [4.78, 5) is 24.0. The van der Waals surface area contributed by atoms with Gasteiger partial charge in [0, 0.05) is 29.7 Å². The monoisotopic (exact) mass is 426 g/mol. The molecule has 0 fully saturated rings. The van der Waals surface area contributed by atoms with Gasteiger partial charge in [0.1, 0.15) is 23.5 Å². The molecule has 0 saturated heterocycles. The van der Waals surface area contributed by atoms with Crippen LogP contribution in [0.15, 0.2) is 61.4 Å². The molecule has 0 saturated carbocycles. The van der Waals surface area contributed by atoms with Crippen molar-refractivity contribution in [2.75, 3.05) is 0 Å². The Morgan fingerprint density at radius 2 is 1.75 bits per heavy atom. The zero-order chi connectivity index (χ0) is 21.7. The first-order chi connectivity index (χ1) is 15.7. The summed E-state index contributed by atoms with van der Waals surface area (Å²) < 4.78 is 29.3. The van der Waals surface area contributed by atoms with Crippen molar-refractivity contribution in [2.45, 2.75) is 0 Å². The van der Waals surface area contributed by atoms with Crippen molar-refractivity contribution in [1.29, 1.82) is 0 Å². The van der Waals surface area contributed by atoms with Crippen molar-refractivity contribution >= 4 is 22.1 Å². The summed E-state index contributed by atoms with van der Waals surface area (Å²) in [5, 5.41) is 7.27. The molecule has 1 aromatic carbocycles. The molecular weight excluding hydrogens is 414 g/mol. The van der Waals surface area contributed by atoms with Gasteiger partial charge in [0.2, 0.25) is 0 Å². The second kappa shape index (κ2) is 6.98. The maximum absolute atomic E-state index is 15.5. The number of pyridine rings is 2. The Kier molecular flexibility index (Phi) is 3.97. The zero-order valence-electron chi connectivity index (χ0n) is 16.2. The Balaban J connectivity index is 1.55. The lowest BCUT2D eigenvalue weighted by Gasteiger charge is -2.03. The third-order valence-corrected chi connectivity index (χ3v) is 5.13. The number of hydrogen-bond acceptors (Lipinski definition) is 6. The Morgan fingerprint density at radius 3 is 2.59 bits per heavy atom. The van der Waals surface area contributed by atoms with E-state index in [0.29, 0.717) is 33.6 Å². The van der Waals surface area contributed by atoms with Crippen LogP contribution in [0.4, 0.5) is 8.78 Å². The predicted molar refractivity (Wildman–Crippen MR) is 113 cm³/mol. The van der Waals surface area contributed by atoms with Crippen LogP contribution in [0.1, 0.15) is 0 Å². The number of halogens is 2. The summed E-state index contributed by atoms with van der Waals surface area (Å²) in [5.41, 5.74) is 3.63. The molecule has 0 aliphatic rings. The molecule has 154 valence electrons. The molecule has 10 heteroatoms. The molecule has 0 unspecified atom stereocenters. The van der Waals surface area contributed by atoms with Crippen molar-refractivity contribution in [1.82, 2.24) is 40.1 Å². The van der Waals surface area contributed by atoms with Crippen LogP contribution < -0.4 is 0 Å². The fourth-order valence-corrected chi connectivity index (χ4v) is 3.69. The fourth-order valence-electron chi connectivity index (χ4n) is 3.69. The van der Waals surface area contributed by atoms with Crippen LogP contribution in [0.2, 0.25) is 0 Å².